The van der Waals surface area contributed by atoms with Crippen molar-refractivity contribution < 1.29 is 50.9 Å². The van der Waals surface area contributed by atoms with E-state index in [2.05, 4.69) is 42.1 Å². The lowest BCUT2D eigenvalue weighted by Crippen LogP contribution is -2.45. The van der Waals surface area contributed by atoms with Gasteiger partial charge >= 0.3 is 24.3 Å². The number of rotatable bonds is 4. The number of piperidine rings is 1. The molecule has 0 atom stereocenters. The average molecular weight is 623 g/mol. The standard InChI is InChI=1S/C22H30N6O.2C2HF3O2/c29-21(24-17-5-1-2-6-17)20-26-25-19-8-9-22(16-28(19)20)10-13-27(14-11-22)15-18-7-3-4-12-23-18;2*3-2(4,5)1(6)7/h3-4,7,12,17H,1-2,5-6,8-11,13-16H2,(H,24,29);2*(H,6,7). The number of nitrogens with one attached hydrogen (secondary N) is 1. The zero-order chi connectivity index (χ0) is 31.8. The molecule has 4 heterocycles. The van der Waals surface area contributed by atoms with Crippen LogP contribution < -0.4 is 5.32 Å². The summed E-state index contributed by atoms with van der Waals surface area (Å²) in [5.74, 6) is -4.06. The van der Waals surface area contributed by atoms with E-state index in [1.165, 1.54) is 12.8 Å². The van der Waals surface area contributed by atoms with Gasteiger partial charge in [-0.2, -0.15) is 26.3 Å². The molecule has 2 aromatic heterocycles. The van der Waals surface area contributed by atoms with Crippen LogP contribution in [0, 0.1) is 5.41 Å². The second-order valence-corrected chi connectivity index (χ2v) is 10.7. The Morgan fingerprint density at radius 1 is 0.930 bits per heavy atom. The average Bonchev–Trinajstić information content (AvgIpc) is 3.60. The summed E-state index contributed by atoms with van der Waals surface area (Å²) in [4.78, 5) is 37.6. The molecular weight excluding hydrogens is 590 g/mol. The minimum absolute atomic E-state index is 0.0414. The van der Waals surface area contributed by atoms with E-state index in [9.17, 15) is 31.1 Å². The van der Waals surface area contributed by atoms with Crippen LogP contribution in [0.1, 0.15) is 67.1 Å². The highest BCUT2D eigenvalue weighted by molar-refractivity contribution is 5.91. The predicted molar refractivity (Wildman–Crippen MR) is 137 cm³/mol. The lowest BCUT2D eigenvalue weighted by atomic mass is 9.73. The number of aryl methyl sites for hydroxylation is 1. The molecule has 2 fully saturated rings. The summed E-state index contributed by atoms with van der Waals surface area (Å²) >= 11 is 0. The molecule has 17 heteroatoms. The van der Waals surface area contributed by atoms with Gasteiger partial charge in [-0.15, -0.1) is 10.2 Å². The van der Waals surface area contributed by atoms with Crippen molar-refractivity contribution in [1.82, 2.24) is 30.0 Å². The summed E-state index contributed by atoms with van der Waals surface area (Å²) in [6, 6.07) is 6.43. The summed E-state index contributed by atoms with van der Waals surface area (Å²) < 4.78 is 65.6. The number of nitrogens with zero attached hydrogens (tertiary/aromatic N) is 5. The molecule has 1 amide bonds. The van der Waals surface area contributed by atoms with Crippen molar-refractivity contribution in [3.05, 3.63) is 41.7 Å². The fourth-order valence-electron chi connectivity index (χ4n) is 5.28. The number of carboxylic acid groups (broad SMARTS) is 2. The fourth-order valence-corrected chi connectivity index (χ4v) is 5.28. The van der Waals surface area contributed by atoms with E-state index in [1.54, 1.807) is 0 Å². The first-order valence-corrected chi connectivity index (χ1v) is 13.5. The molecule has 11 nitrogen and oxygen atoms in total. The summed E-state index contributed by atoms with van der Waals surface area (Å²) in [6.07, 6.45) is 0.667. The second kappa shape index (κ2) is 14.1. The van der Waals surface area contributed by atoms with Crippen LogP contribution in [-0.2, 0) is 29.1 Å². The first-order chi connectivity index (χ1) is 20.1. The Morgan fingerprint density at radius 2 is 1.51 bits per heavy atom. The highest BCUT2D eigenvalue weighted by Crippen LogP contribution is 2.41. The molecule has 1 saturated carbocycles. The van der Waals surface area contributed by atoms with Gasteiger partial charge < -0.3 is 20.1 Å². The third-order valence-corrected chi connectivity index (χ3v) is 7.61. The second-order valence-electron chi connectivity index (χ2n) is 10.7. The Bertz CT molecular complexity index is 1220. The Kier molecular flexibility index (Phi) is 11.1. The first-order valence-electron chi connectivity index (χ1n) is 13.5. The number of amides is 1. The van der Waals surface area contributed by atoms with Gasteiger partial charge in [0, 0.05) is 31.7 Å². The Balaban J connectivity index is 0.000000303. The van der Waals surface area contributed by atoms with Crippen LogP contribution in [0.5, 0.6) is 0 Å². The molecular formula is C26H32F6N6O5. The molecule has 0 unspecified atom stereocenters. The summed E-state index contributed by atoms with van der Waals surface area (Å²) in [6.45, 7) is 3.96. The smallest absolute Gasteiger partial charge is 0.475 e. The van der Waals surface area contributed by atoms with Crippen LogP contribution in [0.2, 0.25) is 0 Å². The van der Waals surface area contributed by atoms with Crippen LogP contribution in [-0.4, -0.2) is 84.2 Å². The van der Waals surface area contributed by atoms with E-state index in [1.807, 2.05) is 12.3 Å². The number of carboxylic acids is 2. The molecule has 1 spiro atoms. The van der Waals surface area contributed by atoms with Gasteiger partial charge in [0.1, 0.15) is 5.82 Å². The Labute approximate surface area is 242 Å². The molecule has 3 aliphatic rings. The van der Waals surface area contributed by atoms with Crippen molar-refractivity contribution in [2.24, 2.45) is 5.41 Å². The van der Waals surface area contributed by atoms with E-state index in [4.69, 9.17) is 19.8 Å². The van der Waals surface area contributed by atoms with Gasteiger partial charge in [-0.25, -0.2) is 9.59 Å². The van der Waals surface area contributed by atoms with Crippen molar-refractivity contribution in [1.29, 1.82) is 0 Å². The fraction of sp³-hybridized carbons (Fsp3) is 0.615. The lowest BCUT2D eigenvalue weighted by Gasteiger charge is -2.44. The number of fused-ring (bicyclic) bond motifs is 1. The van der Waals surface area contributed by atoms with E-state index in [0.29, 0.717) is 11.9 Å². The summed E-state index contributed by atoms with van der Waals surface area (Å²) in [7, 11) is 0. The minimum atomic E-state index is -5.08. The number of alkyl halides is 6. The van der Waals surface area contributed by atoms with Gasteiger partial charge in [0.25, 0.3) is 5.91 Å². The molecule has 1 saturated heterocycles. The number of carbonyl (C=O) groups is 3. The number of hydrogen-bond acceptors (Lipinski definition) is 7. The maximum atomic E-state index is 12.8. The Morgan fingerprint density at radius 3 is 2.02 bits per heavy atom. The highest BCUT2D eigenvalue weighted by atomic mass is 19.4. The van der Waals surface area contributed by atoms with E-state index >= 15 is 0 Å². The highest BCUT2D eigenvalue weighted by Gasteiger charge is 2.41. The first kappa shape index (κ1) is 33.7. The van der Waals surface area contributed by atoms with Gasteiger partial charge in [0.05, 0.1) is 5.69 Å². The van der Waals surface area contributed by atoms with Crippen LogP contribution >= 0.6 is 0 Å². The predicted octanol–water partition coefficient (Wildman–Crippen LogP) is 3.84. The summed E-state index contributed by atoms with van der Waals surface area (Å²) in [5.41, 5.74) is 1.40. The number of aliphatic carboxylic acids is 2. The van der Waals surface area contributed by atoms with Crippen LogP contribution in [0.4, 0.5) is 26.3 Å². The van der Waals surface area contributed by atoms with Crippen molar-refractivity contribution in [3.8, 4) is 0 Å². The number of hydrogen-bond donors (Lipinski definition) is 3. The zero-order valence-electron chi connectivity index (χ0n) is 23.0. The molecule has 5 rings (SSSR count). The Hall–Kier alpha value is -3.76. The van der Waals surface area contributed by atoms with E-state index in [-0.39, 0.29) is 11.3 Å². The molecule has 238 valence electrons. The topological polar surface area (TPSA) is 151 Å². The van der Waals surface area contributed by atoms with E-state index < -0.39 is 24.3 Å². The largest absolute Gasteiger partial charge is 0.490 e. The molecule has 2 aliphatic heterocycles. The van der Waals surface area contributed by atoms with E-state index in [0.717, 1.165) is 76.2 Å². The quantitative estimate of drug-likeness (QED) is 0.432. The number of likely N-dealkylation sites (tertiary alicyclic amines) is 1. The molecule has 3 N–H and O–H groups in total. The third-order valence-electron chi connectivity index (χ3n) is 7.61. The molecule has 0 radical (unpaired) electrons. The van der Waals surface area contributed by atoms with Gasteiger partial charge in [-0.1, -0.05) is 18.9 Å². The van der Waals surface area contributed by atoms with Gasteiger partial charge in [0.2, 0.25) is 5.82 Å². The molecule has 0 bridgehead atoms. The SMILES string of the molecule is O=C(NC1CCCC1)c1nnc2n1CC1(CC2)CCN(Cc2ccccn2)CC1.O=C(O)C(F)(F)F.O=C(O)C(F)(F)F. The minimum Gasteiger partial charge on any atom is -0.475 e. The van der Waals surface area contributed by atoms with Gasteiger partial charge in [-0.3, -0.25) is 14.7 Å². The normalized spacial score (nSPS) is 18.5. The van der Waals surface area contributed by atoms with Crippen molar-refractivity contribution in [2.45, 2.75) is 82.9 Å². The van der Waals surface area contributed by atoms with Crippen molar-refractivity contribution in [2.75, 3.05) is 13.1 Å². The van der Waals surface area contributed by atoms with Crippen LogP contribution in [0.3, 0.4) is 0 Å². The van der Waals surface area contributed by atoms with Crippen LogP contribution in [0.15, 0.2) is 24.4 Å². The van der Waals surface area contributed by atoms with Crippen molar-refractivity contribution >= 4 is 17.8 Å². The third kappa shape index (κ3) is 9.90. The number of pyridine rings is 1. The number of aromatic nitrogens is 4. The zero-order valence-corrected chi connectivity index (χ0v) is 23.0. The lowest BCUT2D eigenvalue weighted by molar-refractivity contribution is -0.193. The van der Waals surface area contributed by atoms with Crippen LogP contribution in [0.25, 0.3) is 0 Å². The maximum absolute atomic E-state index is 12.8. The van der Waals surface area contributed by atoms with Gasteiger partial charge in [0.15, 0.2) is 0 Å². The summed E-state index contributed by atoms with van der Waals surface area (Å²) in [5, 5.41) is 26.0. The maximum Gasteiger partial charge on any atom is 0.490 e. The molecule has 0 aromatic carbocycles. The molecule has 1 aliphatic carbocycles. The molecule has 43 heavy (non-hydrogen) atoms. The van der Waals surface area contributed by atoms with Gasteiger partial charge in [-0.05, 0) is 62.7 Å². The van der Waals surface area contributed by atoms with Crippen molar-refractivity contribution in [3.63, 3.8) is 0 Å². The molecule has 2 aromatic rings. The number of carbonyl (C=O) groups excluding carboxylic acids is 1. The monoisotopic (exact) mass is 622 g/mol. The number of halogens is 6.